The number of allylic oxidation sites excluding steroid dienone is 1. The van der Waals surface area contributed by atoms with Crippen molar-refractivity contribution >= 4 is 33.6 Å². The summed E-state index contributed by atoms with van der Waals surface area (Å²) in [6, 6.07) is 11.5. The lowest BCUT2D eigenvalue weighted by molar-refractivity contribution is -0.113. The van der Waals surface area contributed by atoms with Crippen LogP contribution in [0.25, 0.3) is 0 Å². The molecule has 1 atom stereocenters. The first kappa shape index (κ1) is 19.8. The van der Waals surface area contributed by atoms with E-state index in [1.807, 2.05) is 12.1 Å². The molecule has 146 valence electrons. The molecule has 1 unspecified atom stereocenters. The number of rotatable bonds is 5. The summed E-state index contributed by atoms with van der Waals surface area (Å²) in [7, 11) is 3.05. The SMILES string of the molecule is COc1cccc(C2NC(=O)NC(C)=C2C(=O)Nc2ccc(Br)cc2)c1OC. The quantitative estimate of drug-likeness (QED) is 0.653. The first-order valence-electron chi connectivity index (χ1n) is 8.50. The Labute approximate surface area is 171 Å². The highest BCUT2D eigenvalue weighted by Gasteiger charge is 2.33. The summed E-state index contributed by atoms with van der Waals surface area (Å²) in [6.45, 7) is 1.69. The molecule has 1 heterocycles. The Morgan fingerprint density at radius 2 is 1.82 bits per heavy atom. The fourth-order valence-electron chi connectivity index (χ4n) is 3.10. The Kier molecular flexibility index (Phi) is 5.89. The monoisotopic (exact) mass is 445 g/mol. The molecule has 2 aromatic rings. The molecule has 0 spiro atoms. The zero-order valence-corrected chi connectivity index (χ0v) is 17.2. The van der Waals surface area contributed by atoms with E-state index in [1.54, 1.807) is 37.3 Å². The molecule has 0 bridgehead atoms. The molecule has 3 amide bonds. The molecule has 2 aromatic carbocycles. The van der Waals surface area contributed by atoms with Crippen LogP contribution in [0, 0.1) is 0 Å². The van der Waals surface area contributed by atoms with Crippen molar-refractivity contribution in [3.05, 3.63) is 63.8 Å². The zero-order valence-electron chi connectivity index (χ0n) is 15.6. The van der Waals surface area contributed by atoms with E-state index >= 15 is 0 Å². The van der Waals surface area contributed by atoms with Crippen molar-refractivity contribution < 1.29 is 19.1 Å². The van der Waals surface area contributed by atoms with E-state index in [2.05, 4.69) is 31.9 Å². The van der Waals surface area contributed by atoms with Gasteiger partial charge in [-0.2, -0.15) is 0 Å². The van der Waals surface area contributed by atoms with Gasteiger partial charge >= 0.3 is 6.03 Å². The Hall–Kier alpha value is -3.00. The minimum Gasteiger partial charge on any atom is -0.493 e. The number of amides is 3. The lowest BCUT2D eigenvalue weighted by Gasteiger charge is -2.30. The van der Waals surface area contributed by atoms with Crippen molar-refractivity contribution in [2.24, 2.45) is 0 Å². The smallest absolute Gasteiger partial charge is 0.319 e. The average Bonchev–Trinajstić information content (AvgIpc) is 2.68. The van der Waals surface area contributed by atoms with Gasteiger partial charge in [0.2, 0.25) is 0 Å². The zero-order chi connectivity index (χ0) is 20.3. The van der Waals surface area contributed by atoms with Crippen LogP contribution in [0.1, 0.15) is 18.5 Å². The number of anilines is 1. The van der Waals surface area contributed by atoms with Gasteiger partial charge in [-0.15, -0.1) is 0 Å². The molecule has 0 aliphatic carbocycles. The van der Waals surface area contributed by atoms with Gasteiger partial charge in [0, 0.05) is 21.4 Å². The van der Waals surface area contributed by atoms with Gasteiger partial charge in [0.25, 0.3) is 5.91 Å². The van der Waals surface area contributed by atoms with E-state index in [4.69, 9.17) is 9.47 Å². The van der Waals surface area contributed by atoms with E-state index in [-0.39, 0.29) is 5.91 Å². The number of carbonyl (C=O) groups excluding carboxylic acids is 2. The molecule has 0 aromatic heterocycles. The van der Waals surface area contributed by atoms with Gasteiger partial charge in [0.1, 0.15) is 0 Å². The standard InChI is InChI=1S/C20H20BrN3O4/c1-11-16(19(25)23-13-9-7-12(21)8-10-13)17(24-20(26)22-11)14-5-4-6-15(27-2)18(14)28-3/h4-10,17H,1-3H3,(H,23,25)(H2,22,24,26). The average molecular weight is 446 g/mol. The third-order valence-electron chi connectivity index (χ3n) is 4.36. The Morgan fingerprint density at radius 1 is 1.11 bits per heavy atom. The largest absolute Gasteiger partial charge is 0.493 e. The molecule has 3 N–H and O–H groups in total. The van der Waals surface area contributed by atoms with Crippen LogP contribution in [0.4, 0.5) is 10.5 Å². The van der Waals surface area contributed by atoms with Gasteiger partial charge in [-0.3, -0.25) is 4.79 Å². The van der Waals surface area contributed by atoms with Gasteiger partial charge in [-0.1, -0.05) is 28.1 Å². The van der Waals surface area contributed by atoms with Crippen LogP contribution in [0.3, 0.4) is 0 Å². The highest BCUT2D eigenvalue weighted by atomic mass is 79.9. The third kappa shape index (κ3) is 3.96. The summed E-state index contributed by atoms with van der Waals surface area (Å²) in [4.78, 5) is 25.2. The second kappa shape index (κ2) is 8.35. The maximum absolute atomic E-state index is 13.1. The number of urea groups is 1. The van der Waals surface area contributed by atoms with Gasteiger partial charge in [-0.05, 0) is 37.3 Å². The molecule has 28 heavy (non-hydrogen) atoms. The molecule has 0 saturated carbocycles. The molecule has 1 aliphatic rings. The number of ether oxygens (including phenoxy) is 2. The molecule has 8 heteroatoms. The maximum atomic E-state index is 13.1. The number of hydrogen-bond acceptors (Lipinski definition) is 4. The maximum Gasteiger partial charge on any atom is 0.319 e. The predicted octanol–water partition coefficient (Wildman–Crippen LogP) is 3.73. The van der Waals surface area contributed by atoms with Gasteiger partial charge < -0.3 is 25.4 Å². The normalized spacial score (nSPS) is 16.1. The van der Waals surface area contributed by atoms with Crippen LogP contribution in [-0.2, 0) is 4.79 Å². The predicted molar refractivity (Wildman–Crippen MR) is 109 cm³/mol. The van der Waals surface area contributed by atoms with Gasteiger partial charge in [-0.25, -0.2) is 4.79 Å². The Morgan fingerprint density at radius 3 is 2.46 bits per heavy atom. The topological polar surface area (TPSA) is 88.7 Å². The van der Waals surface area contributed by atoms with Crippen molar-refractivity contribution in [2.45, 2.75) is 13.0 Å². The number of nitrogens with one attached hydrogen (secondary N) is 3. The summed E-state index contributed by atoms with van der Waals surface area (Å²) in [5.74, 6) is 0.638. The fraction of sp³-hybridized carbons (Fsp3) is 0.200. The van der Waals surface area contributed by atoms with E-state index in [0.29, 0.717) is 34.0 Å². The number of benzene rings is 2. The number of hydrogen-bond donors (Lipinski definition) is 3. The number of methoxy groups -OCH3 is 2. The molecule has 0 radical (unpaired) electrons. The lowest BCUT2D eigenvalue weighted by Crippen LogP contribution is -2.46. The van der Waals surface area contributed by atoms with E-state index in [0.717, 1.165) is 4.47 Å². The molecular formula is C20H20BrN3O4. The molecule has 1 aliphatic heterocycles. The number of para-hydroxylation sites is 1. The van der Waals surface area contributed by atoms with Crippen LogP contribution in [0.15, 0.2) is 58.2 Å². The number of carbonyl (C=O) groups is 2. The van der Waals surface area contributed by atoms with Crippen LogP contribution in [0.5, 0.6) is 11.5 Å². The second-order valence-corrected chi connectivity index (χ2v) is 7.03. The fourth-order valence-corrected chi connectivity index (χ4v) is 3.36. The van der Waals surface area contributed by atoms with Crippen molar-refractivity contribution in [1.82, 2.24) is 10.6 Å². The van der Waals surface area contributed by atoms with Crippen molar-refractivity contribution in [3.8, 4) is 11.5 Å². The lowest BCUT2D eigenvalue weighted by atomic mass is 9.93. The summed E-state index contributed by atoms with van der Waals surface area (Å²) < 4.78 is 11.8. The van der Waals surface area contributed by atoms with Crippen molar-refractivity contribution in [2.75, 3.05) is 19.5 Å². The Balaban J connectivity index is 2.02. The molecule has 0 fully saturated rings. The van der Waals surface area contributed by atoms with Gasteiger partial charge in [0.05, 0.1) is 25.8 Å². The summed E-state index contributed by atoms with van der Waals surface area (Å²) >= 11 is 3.37. The first-order chi connectivity index (χ1) is 13.4. The van der Waals surface area contributed by atoms with Gasteiger partial charge in [0.15, 0.2) is 11.5 Å². The minimum absolute atomic E-state index is 0.331. The second-order valence-electron chi connectivity index (χ2n) is 6.11. The van der Waals surface area contributed by atoms with E-state index < -0.39 is 12.1 Å². The van der Waals surface area contributed by atoms with E-state index in [1.165, 1.54) is 14.2 Å². The highest BCUT2D eigenvalue weighted by molar-refractivity contribution is 9.10. The molecular weight excluding hydrogens is 426 g/mol. The van der Waals surface area contributed by atoms with Crippen LogP contribution in [0.2, 0.25) is 0 Å². The number of halogens is 1. The highest BCUT2D eigenvalue weighted by Crippen LogP contribution is 2.39. The van der Waals surface area contributed by atoms with Crippen LogP contribution >= 0.6 is 15.9 Å². The molecule has 3 rings (SSSR count). The summed E-state index contributed by atoms with van der Waals surface area (Å²) in [5, 5.41) is 8.33. The Bertz CT molecular complexity index is 941. The van der Waals surface area contributed by atoms with E-state index in [9.17, 15) is 9.59 Å². The summed E-state index contributed by atoms with van der Waals surface area (Å²) in [5.41, 5.74) is 2.11. The van der Waals surface area contributed by atoms with Crippen molar-refractivity contribution in [3.63, 3.8) is 0 Å². The summed E-state index contributed by atoms with van der Waals surface area (Å²) in [6.07, 6.45) is 0. The minimum atomic E-state index is -0.700. The first-order valence-corrected chi connectivity index (χ1v) is 9.30. The molecule has 0 saturated heterocycles. The van der Waals surface area contributed by atoms with Crippen molar-refractivity contribution in [1.29, 1.82) is 0 Å². The van der Waals surface area contributed by atoms with Crippen LogP contribution in [-0.4, -0.2) is 26.2 Å². The van der Waals surface area contributed by atoms with Crippen LogP contribution < -0.4 is 25.4 Å². The third-order valence-corrected chi connectivity index (χ3v) is 4.89. The molecule has 7 nitrogen and oxygen atoms in total.